The maximum atomic E-state index is 12.7. The molecule has 1 amide bonds. The van der Waals surface area contributed by atoms with E-state index in [0.29, 0.717) is 21.9 Å². The van der Waals surface area contributed by atoms with Gasteiger partial charge in [0, 0.05) is 0 Å². The van der Waals surface area contributed by atoms with E-state index in [0.717, 1.165) is 0 Å². The van der Waals surface area contributed by atoms with Crippen LogP contribution in [0.1, 0.15) is 16.1 Å². The van der Waals surface area contributed by atoms with Gasteiger partial charge in [-0.3, -0.25) is 4.79 Å². The van der Waals surface area contributed by atoms with Gasteiger partial charge < -0.3 is 15.6 Å². The van der Waals surface area contributed by atoms with Crippen molar-refractivity contribution in [2.24, 2.45) is 5.10 Å². The minimum absolute atomic E-state index is 0.00409. The quantitative estimate of drug-likeness (QED) is 0.258. The van der Waals surface area contributed by atoms with Crippen LogP contribution in [0.5, 0.6) is 5.75 Å². The zero-order valence-corrected chi connectivity index (χ0v) is 16.9. The Bertz CT molecular complexity index is 1260. The molecule has 0 saturated carbocycles. The number of amides is 1. The van der Waals surface area contributed by atoms with Gasteiger partial charge in [0.05, 0.1) is 11.1 Å². The fourth-order valence-corrected chi connectivity index (χ4v) is 3.32. The van der Waals surface area contributed by atoms with Gasteiger partial charge in [-0.25, -0.2) is 14.8 Å². The molecule has 0 unspecified atom stereocenters. The first-order valence-electron chi connectivity index (χ1n) is 8.89. The third-order valence-electron chi connectivity index (χ3n) is 3.96. The van der Waals surface area contributed by atoms with E-state index in [4.69, 9.17) is 15.6 Å². The molecule has 0 aliphatic carbocycles. The Morgan fingerprint density at radius 1 is 1.28 bits per heavy atom. The number of carboxylic acid groups (broad SMARTS) is 1. The van der Waals surface area contributed by atoms with E-state index in [9.17, 15) is 9.59 Å². The van der Waals surface area contributed by atoms with Crippen molar-refractivity contribution in [2.75, 3.05) is 12.3 Å². The van der Waals surface area contributed by atoms with E-state index in [1.165, 1.54) is 22.2 Å². The van der Waals surface area contributed by atoms with E-state index in [1.807, 2.05) is 11.4 Å². The van der Waals surface area contributed by atoms with E-state index in [2.05, 4.69) is 35.8 Å². The summed E-state index contributed by atoms with van der Waals surface area (Å²) in [6.07, 6.45) is 1.41. The van der Waals surface area contributed by atoms with E-state index in [1.54, 1.807) is 30.3 Å². The maximum absolute atomic E-state index is 12.7. The first kappa shape index (κ1) is 20.7. The van der Waals surface area contributed by atoms with Gasteiger partial charge in [0.1, 0.15) is 11.4 Å². The molecule has 0 saturated heterocycles. The minimum Gasteiger partial charge on any atom is -0.482 e. The summed E-state index contributed by atoms with van der Waals surface area (Å²) in [5, 5.41) is 29.5. The summed E-state index contributed by atoms with van der Waals surface area (Å²) in [6, 6.07) is 10.1. The van der Waals surface area contributed by atoms with E-state index in [-0.39, 0.29) is 17.3 Å². The highest BCUT2D eigenvalue weighted by molar-refractivity contribution is 7.13. The second-order valence-electron chi connectivity index (χ2n) is 6.10. The van der Waals surface area contributed by atoms with Crippen LogP contribution in [0.25, 0.3) is 16.4 Å². The second kappa shape index (κ2) is 9.05. The monoisotopic (exact) mass is 454 g/mol. The number of nitrogens with two attached hydrogens (primary N) is 1. The molecular formula is C18H14N8O5S. The van der Waals surface area contributed by atoms with E-state index < -0.39 is 18.5 Å². The number of nitrogens with one attached hydrogen (secondary N) is 1. The Labute approximate surface area is 183 Å². The Morgan fingerprint density at radius 3 is 2.75 bits per heavy atom. The summed E-state index contributed by atoms with van der Waals surface area (Å²) >= 11 is 1.37. The summed E-state index contributed by atoms with van der Waals surface area (Å²) in [5.41, 5.74) is 9.16. The Kier molecular flexibility index (Phi) is 5.85. The molecule has 0 radical (unpaired) electrons. The zero-order valence-electron chi connectivity index (χ0n) is 16.1. The molecule has 1 aromatic carbocycles. The minimum atomic E-state index is -1.07. The summed E-state index contributed by atoms with van der Waals surface area (Å²) in [6.45, 7) is -0.438. The van der Waals surface area contributed by atoms with Crippen LogP contribution in [0.3, 0.4) is 0 Å². The molecule has 162 valence electrons. The number of hydrazone groups is 1. The summed E-state index contributed by atoms with van der Waals surface area (Å²) in [7, 11) is 0. The van der Waals surface area contributed by atoms with Crippen LogP contribution in [-0.4, -0.2) is 55.1 Å². The highest BCUT2D eigenvalue weighted by atomic mass is 32.1. The largest absolute Gasteiger partial charge is 0.482 e. The molecule has 0 aliphatic rings. The molecule has 3 aromatic heterocycles. The van der Waals surface area contributed by atoms with Gasteiger partial charge in [-0.05, 0) is 51.6 Å². The number of carbonyl (C=O) groups is 2. The van der Waals surface area contributed by atoms with Crippen LogP contribution in [0.4, 0.5) is 5.82 Å². The lowest BCUT2D eigenvalue weighted by atomic mass is 10.2. The second-order valence-corrected chi connectivity index (χ2v) is 7.05. The number of anilines is 1. The molecule has 0 bridgehead atoms. The highest BCUT2D eigenvalue weighted by Crippen LogP contribution is 2.29. The zero-order chi connectivity index (χ0) is 22.5. The van der Waals surface area contributed by atoms with Crippen molar-refractivity contribution in [2.45, 2.75) is 0 Å². The Morgan fingerprint density at radius 2 is 2.09 bits per heavy atom. The van der Waals surface area contributed by atoms with Crippen LogP contribution in [0.2, 0.25) is 0 Å². The number of carbonyl (C=O) groups excluding carboxylic acids is 1. The number of hydrogen-bond donors (Lipinski definition) is 3. The number of thiophene rings is 1. The maximum Gasteiger partial charge on any atom is 0.341 e. The summed E-state index contributed by atoms with van der Waals surface area (Å²) < 4.78 is 10.9. The summed E-state index contributed by atoms with van der Waals surface area (Å²) in [5.74, 6) is -1.18. The molecule has 32 heavy (non-hydrogen) atoms. The Balaban J connectivity index is 1.51. The predicted molar refractivity (Wildman–Crippen MR) is 112 cm³/mol. The van der Waals surface area contributed by atoms with Gasteiger partial charge in [-0.15, -0.1) is 16.4 Å². The van der Waals surface area contributed by atoms with Gasteiger partial charge in [0.15, 0.2) is 12.3 Å². The van der Waals surface area contributed by atoms with Crippen LogP contribution < -0.4 is 15.9 Å². The first-order chi connectivity index (χ1) is 15.5. The highest BCUT2D eigenvalue weighted by Gasteiger charge is 2.25. The predicted octanol–water partition coefficient (Wildman–Crippen LogP) is 1.19. The van der Waals surface area contributed by atoms with Crippen LogP contribution in [-0.2, 0) is 4.79 Å². The van der Waals surface area contributed by atoms with Gasteiger partial charge in [0.2, 0.25) is 11.6 Å². The molecular weight excluding hydrogens is 440 g/mol. The summed E-state index contributed by atoms with van der Waals surface area (Å²) in [4.78, 5) is 23.9. The van der Waals surface area contributed by atoms with Crippen molar-refractivity contribution in [1.29, 1.82) is 0 Å². The van der Waals surface area contributed by atoms with Gasteiger partial charge in [-0.2, -0.15) is 9.78 Å². The number of carboxylic acids is 1. The van der Waals surface area contributed by atoms with Crippen LogP contribution in [0.15, 0.2) is 51.5 Å². The lowest BCUT2D eigenvalue weighted by molar-refractivity contribution is -0.139. The third kappa shape index (κ3) is 4.44. The standard InChI is InChI=1S/C18H14N8O5S/c19-16-17(24-31-23-16)26-15(12-2-1-7-32-12)14(21-25-26)18(29)22-20-8-10-3-5-11(6-4-10)30-9-13(27)28/h1-8H,9H2,(H2,19,23)(H,22,29)(H,27,28). The number of hydrogen-bond acceptors (Lipinski definition) is 11. The molecule has 4 N–H and O–H groups in total. The third-order valence-corrected chi connectivity index (χ3v) is 4.83. The topological polar surface area (TPSA) is 184 Å². The molecule has 0 atom stereocenters. The SMILES string of the molecule is Nc1nonc1-n1nnc(C(=O)NN=Cc2ccc(OCC(=O)O)cc2)c1-c1cccs1. The lowest BCUT2D eigenvalue weighted by Crippen LogP contribution is -2.19. The fraction of sp³-hybridized carbons (Fsp3) is 0.0556. The average molecular weight is 454 g/mol. The van der Waals surface area contributed by atoms with Gasteiger partial charge >= 0.3 is 5.97 Å². The molecule has 0 spiro atoms. The molecule has 4 aromatic rings. The van der Waals surface area contributed by atoms with Crippen LogP contribution >= 0.6 is 11.3 Å². The van der Waals surface area contributed by atoms with Gasteiger partial charge in [0.25, 0.3) is 5.91 Å². The number of nitrogen functional groups attached to an aromatic ring is 1. The lowest BCUT2D eigenvalue weighted by Gasteiger charge is -2.03. The molecule has 14 heteroatoms. The van der Waals surface area contributed by atoms with Crippen molar-refractivity contribution in [1.82, 2.24) is 30.7 Å². The molecule has 4 rings (SSSR count). The fourth-order valence-electron chi connectivity index (χ4n) is 2.57. The first-order valence-corrected chi connectivity index (χ1v) is 9.77. The number of benzene rings is 1. The number of aromatic nitrogens is 5. The van der Waals surface area contributed by atoms with Crippen LogP contribution in [0, 0.1) is 0 Å². The normalized spacial score (nSPS) is 11.0. The number of rotatable bonds is 8. The number of nitrogens with zero attached hydrogens (tertiary/aromatic N) is 6. The van der Waals surface area contributed by atoms with Crippen molar-refractivity contribution in [3.63, 3.8) is 0 Å². The molecule has 0 aliphatic heterocycles. The van der Waals surface area contributed by atoms with Crippen molar-refractivity contribution >= 4 is 35.2 Å². The smallest absolute Gasteiger partial charge is 0.341 e. The Hall–Kier alpha value is -4.59. The van der Waals surface area contributed by atoms with Crippen molar-refractivity contribution < 1.29 is 24.1 Å². The number of aliphatic carboxylic acids is 1. The van der Waals surface area contributed by atoms with Crippen molar-refractivity contribution in [3.05, 3.63) is 53.0 Å². The molecule has 3 heterocycles. The molecule has 0 fully saturated rings. The average Bonchev–Trinajstić information content (AvgIpc) is 3.53. The van der Waals surface area contributed by atoms with Gasteiger partial charge in [-0.1, -0.05) is 11.3 Å². The molecule has 13 nitrogen and oxygen atoms in total. The van der Waals surface area contributed by atoms with E-state index >= 15 is 0 Å². The van der Waals surface area contributed by atoms with Crippen molar-refractivity contribution in [3.8, 4) is 22.1 Å². The number of ether oxygens (including phenoxy) is 1.